The van der Waals surface area contributed by atoms with Crippen LogP contribution in [0.3, 0.4) is 0 Å². The molecule has 0 atom stereocenters. The van der Waals surface area contributed by atoms with E-state index in [9.17, 15) is 8.42 Å². The summed E-state index contributed by atoms with van der Waals surface area (Å²) in [6.45, 7) is 0. The van der Waals surface area contributed by atoms with Crippen LogP contribution in [-0.4, -0.2) is 26.5 Å². The van der Waals surface area contributed by atoms with E-state index in [1.54, 1.807) is 6.07 Å². The molecule has 2 N–H and O–H groups in total. The molecule has 3 nitrogen and oxygen atoms in total. The number of hydrogen-bond donors (Lipinski definition) is 1. The molecule has 0 heterocycles. The Morgan fingerprint density at radius 1 is 1.44 bits per heavy atom. The Labute approximate surface area is 121 Å². The highest BCUT2D eigenvalue weighted by Crippen LogP contribution is 2.39. The maximum absolute atomic E-state index is 11.8. The monoisotopic (exact) mass is 349 g/mol. The molecule has 0 amide bonds. The van der Waals surface area contributed by atoms with Crippen LogP contribution in [0, 0.1) is 0 Å². The summed E-state index contributed by atoms with van der Waals surface area (Å²) in [5.41, 5.74) is 6.96. The van der Waals surface area contributed by atoms with Crippen LogP contribution in [0.4, 0.5) is 0 Å². The minimum absolute atomic E-state index is 0.116. The average Bonchev–Trinajstić information content (AvgIpc) is 2.94. The van der Waals surface area contributed by atoms with E-state index in [0.29, 0.717) is 4.90 Å². The van der Waals surface area contributed by atoms with Crippen LogP contribution in [0.2, 0.25) is 0 Å². The van der Waals surface area contributed by atoms with Gasteiger partial charge in [0.1, 0.15) is 0 Å². The lowest BCUT2D eigenvalue weighted by atomic mass is 10.1. The summed E-state index contributed by atoms with van der Waals surface area (Å²) in [7, 11) is -3.22. The molecule has 1 aliphatic carbocycles. The van der Waals surface area contributed by atoms with Crippen molar-refractivity contribution >= 4 is 37.5 Å². The summed E-state index contributed by atoms with van der Waals surface area (Å²) in [6.07, 6.45) is 5.89. The van der Waals surface area contributed by atoms with Crippen molar-refractivity contribution in [1.29, 1.82) is 0 Å². The van der Waals surface area contributed by atoms with E-state index < -0.39 is 9.84 Å². The summed E-state index contributed by atoms with van der Waals surface area (Å²) < 4.78 is 24.5. The molecule has 0 saturated heterocycles. The number of halogens is 1. The largest absolute Gasteiger partial charge is 0.325 e. The van der Waals surface area contributed by atoms with Crippen molar-refractivity contribution < 1.29 is 8.42 Å². The van der Waals surface area contributed by atoms with Gasteiger partial charge in [0, 0.05) is 21.2 Å². The first-order chi connectivity index (χ1) is 8.25. The number of thioether (sulfide) groups is 1. The molecule has 1 fully saturated rings. The normalized spacial score (nSPS) is 17.8. The molecule has 18 heavy (non-hydrogen) atoms. The van der Waals surface area contributed by atoms with Gasteiger partial charge in [0.25, 0.3) is 0 Å². The lowest BCUT2D eigenvalue weighted by Crippen LogP contribution is -2.24. The molecule has 6 heteroatoms. The quantitative estimate of drug-likeness (QED) is 0.848. The highest BCUT2D eigenvalue weighted by molar-refractivity contribution is 9.10. The van der Waals surface area contributed by atoms with Crippen LogP contribution in [0.1, 0.15) is 18.4 Å². The molecule has 0 aliphatic heterocycles. The van der Waals surface area contributed by atoms with Crippen molar-refractivity contribution in [3.05, 3.63) is 22.2 Å². The molecule has 0 spiro atoms. The van der Waals surface area contributed by atoms with Gasteiger partial charge in [-0.15, -0.1) is 11.8 Å². The Morgan fingerprint density at radius 2 is 2.06 bits per heavy atom. The number of sulfone groups is 1. The second kappa shape index (κ2) is 4.81. The zero-order valence-electron chi connectivity index (χ0n) is 10.4. The molecule has 0 radical (unpaired) electrons. The molecule has 1 aromatic rings. The fourth-order valence-corrected chi connectivity index (χ4v) is 5.10. The van der Waals surface area contributed by atoms with Crippen molar-refractivity contribution in [1.82, 2.24) is 0 Å². The van der Waals surface area contributed by atoms with Gasteiger partial charge in [-0.2, -0.15) is 0 Å². The van der Waals surface area contributed by atoms with Gasteiger partial charge >= 0.3 is 0 Å². The number of hydrogen-bond acceptors (Lipinski definition) is 4. The smallest absolute Gasteiger partial charge is 0.176 e. The van der Waals surface area contributed by atoms with E-state index in [2.05, 4.69) is 15.9 Å². The zero-order chi connectivity index (χ0) is 13.6. The fourth-order valence-electron chi connectivity index (χ4n) is 1.94. The molecule has 2 rings (SSSR count). The molecular formula is C12H16BrNO2S2. The van der Waals surface area contributed by atoms with E-state index in [0.717, 1.165) is 34.2 Å². The first-order valence-corrected chi connectivity index (χ1v) is 9.51. The van der Waals surface area contributed by atoms with Gasteiger partial charge in [0.2, 0.25) is 0 Å². The maximum atomic E-state index is 11.8. The Bertz CT molecular complexity index is 580. The fraction of sp³-hybridized carbons (Fsp3) is 0.500. The molecule has 100 valence electrons. The average molecular weight is 350 g/mol. The van der Waals surface area contributed by atoms with Gasteiger partial charge in [0.05, 0.1) is 4.90 Å². The van der Waals surface area contributed by atoms with Gasteiger partial charge in [-0.25, -0.2) is 8.42 Å². The van der Waals surface area contributed by atoms with Crippen LogP contribution >= 0.6 is 27.7 Å². The van der Waals surface area contributed by atoms with Gasteiger partial charge in [-0.1, -0.05) is 0 Å². The third-order valence-corrected chi connectivity index (χ3v) is 6.11. The number of benzene rings is 1. The molecule has 1 saturated carbocycles. The lowest BCUT2D eigenvalue weighted by molar-refractivity contribution is 0.599. The third-order valence-electron chi connectivity index (χ3n) is 3.12. The summed E-state index contributed by atoms with van der Waals surface area (Å²) in [4.78, 5) is 1.16. The van der Waals surface area contributed by atoms with E-state index in [4.69, 9.17) is 5.73 Å². The first-order valence-electron chi connectivity index (χ1n) is 5.60. The van der Waals surface area contributed by atoms with Crippen LogP contribution < -0.4 is 5.73 Å². The first kappa shape index (κ1) is 14.4. The number of rotatable bonds is 4. The topological polar surface area (TPSA) is 60.2 Å². The molecule has 1 aliphatic rings. The Kier molecular flexibility index (Phi) is 3.84. The van der Waals surface area contributed by atoms with Crippen LogP contribution in [0.15, 0.2) is 26.4 Å². The van der Waals surface area contributed by atoms with E-state index in [1.807, 2.05) is 12.3 Å². The van der Waals surface area contributed by atoms with Gasteiger partial charge < -0.3 is 5.73 Å². The van der Waals surface area contributed by atoms with Crippen LogP contribution in [0.5, 0.6) is 0 Å². The summed E-state index contributed by atoms with van der Waals surface area (Å²) >= 11 is 4.89. The molecule has 1 aromatic carbocycles. The van der Waals surface area contributed by atoms with Crippen LogP contribution in [0.25, 0.3) is 0 Å². The third kappa shape index (κ3) is 3.10. The predicted octanol–water partition coefficient (Wildman–Crippen LogP) is 2.61. The van der Waals surface area contributed by atoms with Crippen molar-refractivity contribution in [2.75, 3.05) is 12.5 Å². The molecule has 0 aromatic heterocycles. The summed E-state index contributed by atoms with van der Waals surface area (Å²) in [5.74, 6) is 0. The van der Waals surface area contributed by atoms with Crippen molar-refractivity contribution in [3.8, 4) is 0 Å². The molecular weight excluding hydrogens is 334 g/mol. The SMILES string of the molecule is CSc1c(Br)cc(CC2(N)CC2)cc1S(C)(=O)=O. The Morgan fingerprint density at radius 3 is 2.50 bits per heavy atom. The van der Waals surface area contributed by atoms with Gasteiger partial charge in [0.15, 0.2) is 9.84 Å². The zero-order valence-corrected chi connectivity index (χ0v) is 13.6. The Hall–Kier alpha value is -0.0400. The van der Waals surface area contributed by atoms with Crippen molar-refractivity contribution in [2.24, 2.45) is 5.73 Å². The molecule has 0 unspecified atom stereocenters. The second-order valence-corrected chi connectivity index (χ2v) is 8.58. The second-order valence-electron chi connectivity index (χ2n) is 4.92. The predicted molar refractivity (Wildman–Crippen MR) is 78.9 cm³/mol. The molecule has 0 bridgehead atoms. The summed E-state index contributed by atoms with van der Waals surface area (Å²) in [6, 6.07) is 3.74. The van der Waals surface area contributed by atoms with Crippen molar-refractivity contribution in [2.45, 2.75) is 34.6 Å². The van der Waals surface area contributed by atoms with Gasteiger partial charge in [-0.05, 0) is 59.1 Å². The van der Waals surface area contributed by atoms with E-state index >= 15 is 0 Å². The maximum Gasteiger partial charge on any atom is 0.176 e. The van der Waals surface area contributed by atoms with E-state index in [1.165, 1.54) is 18.0 Å². The lowest BCUT2D eigenvalue weighted by Gasteiger charge is -2.14. The Balaban J connectivity index is 2.49. The van der Waals surface area contributed by atoms with Crippen molar-refractivity contribution in [3.63, 3.8) is 0 Å². The minimum Gasteiger partial charge on any atom is -0.325 e. The highest BCUT2D eigenvalue weighted by atomic mass is 79.9. The standard InChI is InChI=1S/C12H16BrNO2S2/c1-17-11-9(13)5-8(7-12(14)3-4-12)6-10(11)18(2,15)16/h5-6H,3-4,7,14H2,1-2H3. The van der Waals surface area contributed by atoms with Gasteiger partial charge in [-0.3, -0.25) is 0 Å². The van der Waals surface area contributed by atoms with E-state index in [-0.39, 0.29) is 5.54 Å². The summed E-state index contributed by atoms with van der Waals surface area (Å²) in [5, 5.41) is 0. The number of nitrogens with two attached hydrogens (primary N) is 1. The highest BCUT2D eigenvalue weighted by Gasteiger charge is 2.38. The minimum atomic E-state index is -3.22. The van der Waals surface area contributed by atoms with Crippen LogP contribution in [-0.2, 0) is 16.3 Å².